The van der Waals surface area contributed by atoms with Gasteiger partial charge in [0.2, 0.25) is 5.82 Å². The van der Waals surface area contributed by atoms with Crippen molar-refractivity contribution in [1.29, 1.82) is 0 Å². The molecule has 0 atom stereocenters. The molecule has 30 heavy (non-hydrogen) atoms. The number of methoxy groups -OCH3 is 1. The molecule has 5 rings (SSSR count). The normalized spacial score (nSPS) is 11.0. The summed E-state index contributed by atoms with van der Waals surface area (Å²) in [5, 5.41) is 5.39. The summed E-state index contributed by atoms with van der Waals surface area (Å²) in [4.78, 5) is 21.8. The molecule has 0 amide bonds. The van der Waals surface area contributed by atoms with Crippen molar-refractivity contribution in [1.82, 2.24) is 19.7 Å². The van der Waals surface area contributed by atoms with Gasteiger partial charge in [0.15, 0.2) is 0 Å². The highest BCUT2D eigenvalue weighted by atomic mass is 16.5. The summed E-state index contributed by atoms with van der Waals surface area (Å²) in [6.45, 7) is 0. The van der Waals surface area contributed by atoms with Crippen LogP contribution in [0.1, 0.15) is 0 Å². The molecule has 0 saturated heterocycles. The zero-order valence-electron chi connectivity index (χ0n) is 16.0. The van der Waals surface area contributed by atoms with Crippen LogP contribution < -0.4 is 10.3 Å². The molecule has 0 fully saturated rings. The molecular weight excluding hydrogens is 380 g/mol. The van der Waals surface area contributed by atoms with Gasteiger partial charge in [0, 0.05) is 40.6 Å². The minimum absolute atomic E-state index is 0.133. The summed E-state index contributed by atoms with van der Waals surface area (Å²) in [6.07, 6.45) is 5.08. The molecule has 0 aliphatic heterocycles. The van der Waals surface area contributed by atoms with E-state index >= 15 is 0 Å². The zero-order valence-corrected chi connectivity index (χ0v) is 16.0. The molecule has 0 saturated carbocycles. The van der Waals surface area contributed by atoms with Gasteiger partial charge in [-0.2, -0.15) is 4.98 Å². The number of aromatic nitrogens is 4. The summed E-state index contributed by atoms with van der Waals surface area (Å²) in [5.74, 6) is 1.47. The van der Waals surface area contributed by atoms with Gasteiger partial charge in [-0.05, 0) is 42.5 Å². The molecule has 2 aromatic carbocycles. The fourth-order valence-electron chi connectivity index (χ4n) is 3.34. The van der Waals surface area contributed by atoms with E-state index in [1.165, 1.54) is 0 Å². The Bertz CT molecular complexity index is 1390. The molecular formula is C23H16N4O3. The SMILES string of the molecule is COc1ccc(-n2cc(-c3nc(-c4cccnc4)no3)c3ccccc3c2=O)cc1. The Morgan fingerprint density at radius 2 is 1.77 bits per heavy atom. The van der Waals surface area contributed by atoms with Crippen molar-refractivity contribution in [2.75, 3.05) is 7.11 Å². The largest absolute Gasteiger partial charge is 0.497 e. The Morgan fingerprint density at radius 3 is 2.50 bits per heavy atom. The van der Waals surface area contributed by atoms with Crippen molar-refractivity contribution >= 4 is 10.8 Å². The highest BCUT2D eigenvalue weighted by Gasteiger charge is 2.17. The van der Waals surface area contributed by atoms with Crippen LogP contribution in [0.2, 0.25) is 0 Å². The third-order valence-corrected chi connectivity index (χ3v) is 4.85. The van der Waals surface area contributed by atoms with Crippen LogP contribution in [0.5, 0.6) is 5.75 Å². The van der Waals surface area contributed by atoms with E-state index in [-0.39, 0.29) is 5.56 Å². The lowest BCUT2D eigenvalue weighted by Gasteiger charge is -2.11. The van der Waals surface area contributed by atoms with E-state index in [1.807, 2.05) is 54.6 Å². The van der Waals surface area contributed by atoms with E-state index in [0.717, 1.165) is 10.9 Å². The fourth-order valence-corrected chi connectivity index (χ4v) is 3.34. The van der Waals surface area contributed by atoms with Gasteiger partial charge in [-0.15, -0.1) is 0 Å². The molecule has 146 valence electrons. The molecule has 0 N–H and O–H groups in total. The van der Waals surface area contributed by atoms with Gasteiger partial charge in [-0.1, -0.05) is 23.4 Å². The van der Waals surface area contributed by atoms with Gasteiger partial charge >= 0.3 is 0 Å². The molecule has 5 aromatic rings. The summed E-state index contributed by atoms with van der Waals surface area (Å²) in [6, 6.07) is 18.3. The van der Waals surface area contributed by atoms with Crippen LogP contribution in [0.15, 0.2) is 88.6 Å². The Kier molecular flexibility index (Phi) is 4.33. The van der Waals surface area contributed by atoms with Gasteiger partial charge < -0.3 is 9.26 Å². The molecule has 0 radical (unpaired) electrons. The minimum atomic E-state index is -0.133. The minimum Gasteiger partial charge on any atom is -0.497 e. The van der Waals surface area contributed by atoms with Crippen molar-refractivity contribution in [3.63, 3.8) is 0 Å². The first-order chi connectivity index (χ1) is 14.7. The standard InChI is InChI=1S/C23H16N4O3/c1-29-17-10-8-16(9-11-17)27-14-20(18-6-2-3-7-19(18)23(27)28)22-25-21(26-30-22)15-5-4-12-24-13-15/h2-14H,1H3. The lowest BCUT2D eigenvalue weighted by molar-refractivity contribution is 0.414. The first kappa shape index (κ1) is 17.8. The summed E-state index contributed by atoms with van der Waals surface area (Å²) < 4.78 is 12.3. The maximum Gasteiger partial charge on any atom is 0.262 e. The van der Waals surface area contributed by atoms with Gasteiger partial charge in [0.05, 0.1) is 12.7 Å². The second-order valence-corrected chi connectivity index (χ2v) is 6.63. The topological polar surface area (TPSA) is 83.0 Å². The maximum atomic E-state index is 13.2. The van der Waals surface area contributed by atoms with Crippen LogP contribution in [-0.2, 0) is 0 Å². The van der Waals surface area contributed by atoms with Crippen LogP contribution in [0.4, 0.5) is 0 Å². The second-order valence-electron chi connectivity index (χ2n) is 6.63. The molecule has 3 aromatic heterocycles. The van der Waals surface area contributed by atoms with Crippen molar-refractivity contribution in [2.45, 2.75) is 0 Å². The quantitative estimate of drug-likeness (QED) is 0.455. The van der Waals surface area contributed by atoms with Crippen LogP contribution in [0.25, 0.3) is 39.3 Å². The number of ether oxygens (including phenoxy) is 1. The highest BCUT2D eigenvalue weighted by molar-refractivity contribution is 5.94. The number of fused-ring (bicyclic) bond motifs is 1. The first-order valence-electron chi connectivity index (χ1n) is 9.28. The van der Waals surface area contributed by atoms with E-state index < -0.39 is 0 Å². The molecule has 7 nitrogen and oxygen atoms in total. The molecule has 0 spiro atoms. The Balaban J connectivity index is 1.71. The molecule has 0 unspecified atom stereocenters. The zero-order chi connectivity index (χ0) is 20.5. The Morgan fingerprint density at radius 1 is 0.967 bits per heavy atom. The van der Waals surface area contributed by atoms with Crippen molar-refractivity contribution in [3.05, 3.63) is 89.6 Å². The molecule has 0 bridgehead atoms. The van der Waals surface area contributed by atoms with Crippen molar-refractivity contribution in [2.24, 2.45) is 0 Å². The molecule has 3 heterocycles. The van der Waals surface area contributed by atoms with Gasteiger partial charge in [0.1, 0.15) is 5.75 Å². The van der Waals surface area contributed by atoms with Crippen LogP contribution in [-0.4, -0.2) is 26.8 Å². The lowest BCUT2D eigenvalue weighted by atomic mass is 10.1. The van der Waals surface area contributed by atoms with E-state index in [0.29, 0.717) is 34.1 Å². The molecule has 7 heteroatoms. The fraction of sp³-hybridized carbons (Fsp3) is 0.0435. The number of hydrogen-bond donors (Lipinski definition) is 0. The number of rotatable bonds is 4. The smallest absolute Gasteiger partial charge is 0.262 e. The van der Waals surface area contributed by atoms with Crippen LogP contribution in [0.3, 0.4) is 0 Å². The number of pyridine rings is 2. The average Bonchev–Trinajstić information content (AvgIpc) is 3.30. The van der Waals surface area contributed by atoms with E-state index in [2.05, 4.69) is 15.1 Å². The second kappa shape index (κ2) is 7.29. The lowest BCUT2D eigenvalue weighted by Crippen LogP contribution is -2.18. The predicted octanol–water partition coefficient (Wildman–Crippen LogP) is 4.11. The number of benzene rings is 2. The van der Waals surface area contributed by atoms with Gasteiger partial charge in [-0.25, -0.2) is 0 Å². The Labute approximate surface area is 171 Å². The molecule has 0 aliphatic rings. The predicted molar refractivity (Wildman–Crippen MR) is 113 cm³/mol. The summed E-state index contributed by atoms with van der Waals surface area (Å²) in [7, 11) is 1.60. The van der Waals surface area contributed by atoms with Crippen LogP contribution >= 0.6 is 0 Å². The van der Waals surface area contributed by atoms with Crippen LogP contribution in [0, 0.1) is 0 Å². The number of nitrogens with zero attached hydrogens (tertiary/aromatic N) is 4. The number of hydrogen-bond acceptors (Lipinski definition) is 6. The van der Waals surface area contributed by atoms with Crippen molar-refractivity contribution < 1.29 is 9.26 Å². The third-order valence-electron chi connectivity index (χ3n) is 4.85. The average molecular weight is 396 g/mol. The Hall–Kier alpha value is -4.26. The molecule has 0 aliphatic carbocycles. The third kappa shape index (κ3) is 3.02. The van der Waals surface area contributed by atoms with Gasteiger partial charge in [-0.3, -0.25) is 14.3 Å². The monoisotopic (exact) mass is 396 g/mol. The first-order valence-corrected chi connectivity index (χ1v) is 9.28. The summed E-state index contributed by atoms with van der Waals surface area (Å²) >= 11 is 0. The van der Waals surface area contributed by atoms with E-state index in [1.54, 1.807) is 36.3 Å². The summed E-state index contributed by atoms with van der Waals surface area (Å²) in [5.41, 5.74) is 2.00. The van der Waals surface area contributed by atoms with Crippen molar-refractivity contribution in [3.8, 4) is 34.3 Å². The van der Waals surface area contributed by atoms with E-state index in [9.17, 15) is 4.79 Å². The van der Waals surface area contributed by atoms with Gasteiger partial charge in [0.25, 0.3) is 11.4 Å². The van der Waals surface area contributed by atoms with E-state index in [4.69, 9.17) is 9.26 Å². The highest BCUT2D eigenvalue weighted by Crippen LogP contribution is 2.28. The maximum absolute atomic E-state index is 13.2.